The summed E-state index contributed by atoms with van der Waals surface area (Å²) in [6.45, 7) is 5.82. The minimum absolute atomic E-state index is 0.0855. The second-order valence-corrected chi connectivity index (χ2v) is 10.0. The zero-order valence-electron chi connectivity index (χ0n) is 15.6. The topological polar surface area (TPSA) is 78.5 Å². The molecule has 2 aliphatic rings. The lowest BCUT2D eigenvalue weighted by atomic mass is 10.0. The Morgan fingerprint density at radius 1 is 1.15 bits per heavy atom. The Bertz CT molecular complexity index is 742. The minimum atomic E-state index is -3.00. The van der Waals surface area contributed by atoms with Crippen LogP contribution in [0.3, 0.4) is 0 Å². The first-order valence-corrected chi connectivity index (χ1v) is 11.2. The number of hydrogen-bond acceptors (Lipinski definition) is 5. The van der Waals surface area contributed by atoms with Gasteiger partial charge in [-0.05, 0) is 63.8 Å². The zero-order valence-corrected chi connectivity index (χ0v) is 16.4. The van der Waals surface area contributed by atoms with E-state index in [0.717, 1.165) is 18.8 Å². The van der Waals surface area contributed by atoms with Crippen molar-refractivity contribution in [1.29, 1.82) is 0 Å². The van der Waals surface area contributed by atoms with Crippen molar-refractivity contribution in [3.05, 3.63) is 24.3 Å². The maximum absolute atomic E-state index is 12.5. The molecule has 0 unspecified atom stereocenters. The Balaban J connectivity index is 1.55. The largest absolute Gasteiger partial charge is 0.372 e. The number of amides is 1. The van der Waals surface area contributed by atoms with Crippen LogP contribution in [0.2, 0.25) is 0 Å². The third-order valence-corrected chi connectivity index (χ3v) is 7.22. The van der Waals surface area contributed by atoms with E-state index in [9.17, 15) is 13.2 Å². The first-order valence-electron chi connectivity index (χ1n) is 9.40. The normalized spacial score (nSPS) is 26.5. The number of piperidine rings is 1. The summed E-state index contributed by atoms with van der Waals surface area (Å²) in [7, 11) is -3.00. The van der Waals surface area contributed by atoms with E-state index >= 15 is 0 Å². The van der Waals surface area contributed by atoms with Crippen LogP contribution in [0.1, 0.15) is 39.5 Å². The zero-order chi connectivity index (χ0) is 18.8. The molecule has 2 aliphatic heterocycles. The molecule has 2 atom stereocenters. The molecular formula is C19H29N3O3S. The molecule has 1 aromatic carbocycles. The average Bonchev–Trinajstić information content (AvgIpc) is 2.89. The van der Waals surface area contributed by atoms with E-state index in [4.69, 9.17) is 0 Å². The Kier molecular flexibility index (Phi) is 5.58. The second-order valence-electron chi connectivity index (χ2n) is 7.85. The molecular weight excluding hydrogens is 350 g/mol. The van der Waals surface area contributed by atoms with Crippen molar-refractivity contribution in [2.75, 3.05) is 34.8 Å². The SMILES string of the molecule is C[C@H](N[C@@]1(C)CCS(=O)(=O)C1)C(=O)Nc1ccc(N2CCCCC2)cc1. The van der Waals surface area contributed by atoms with E-state index in [1.54, 1.807) is 6.92 Å². The second kappa shape index (κ2) is 7.56. The number of carbonyl (C=O) groups is 1. The predicted octanol–water partition coefficient (Wildman–Crippen LogP) is 2.17. The molecule has 0 spiro atoms. The molecule has 0 aromatic heterocycles. The summed E-state index contributed by atoms with van der Waals surface area (Å²) in [5.74, 6) is 0.117. The van der Waals surface area contributed by atoms with Crippen molar-refractivity contribution in [2.24, 2.45) is 0 Å². The van der Waals surface area contributed by atoms with Crippen molar-refractivity contribution >= 4 is 27.1 Å². The first-order chi connectivity index (χ1) is 12.3. The molecule has 7 heteroatoms. The number of sulfone groups is 1. The molecule has 6 nitrogen and oxygen atoms in total. The highest BCUT2D eigenvalue weighted by atomic mass is 32.2. The molecule has 0 saturated carbocycles. The predicted molar refractivity (Wildman–Crippen MR) is 105 cm³/mol. The molecule has 0 aliphatic carbocycles. The lowest BCUT2D eigenvalue weighted by molar-refractivity contribution is -0.118. The third kappa shape index (κ3) is 4.76. The van der Waals surface area contributed by atoms with Crippen LogP contribution in [0.5, 0.6) is 0 Å². The van der Waals surface area contributed by atoms with Gasteiger partial charge in [-0.2, -0.15) is 0 Å². The van der Waals surface area contributed by atoms with E-state index < -0.39 is 21.4 Å². The van der Waals surface area contributed by atoms with Gasteiger partial charge in [-0.15, -0.1) is 0 Å². The van der Waals surface area contributed by atoms with Gasteiger partial charge in [-0.1, -0.05) is 0 Å². The van der Waals surface area contributed by atoms with Crippen LogP contribution in [-0.2, 0) is 14.6 Å². The number of nitrogens with one attached hydrogen (secondary N) is 2. The molecule has 3 rings (SSSR count). The van der Waals surface area contributed by atoms with Crippen LogP contribution in [0, 0.1) is 0 Å². The molecule has 2 N–H and O–H groups in total. The van der Waals surface area contributed by atoms with Crippen LogP contribution in [-0.4, -0.2) is 50.5 Å². The summed E-state index contributed by atoms with van der Waals surface area (Å²) in [5, 5.41) is 6.11. The lowest BCUT2D eigenvalue weighted by Gasteiger charge is -2.29. The van der Waals surface area contributed by atoms with Gasteiger partial charge in [0.2, 0.25) is 5.91 Å². The first kappa shape index (κ1) is 19.2. The molecule has 2 fully saturated rings. The van der Waals surface area contributed by atoms with E-state index in [2.05, 4.69) is 15.5 Å². The summed E-state index contributed by atoms with van der Waals surface area (Å²) in [6.07, 6.45) is 4.31. The van der Waals surface area contributed by atoms with Gasteiger partial charge >= 0.3 is 0 Å². The van der Waals surface area contributed by atoms with Gasteiger partial charge in [0.15, 0.2) is 9.84 Å². The van der Waals surface area contributed by atoms with Crippen LogP contribution in [0.4, 0.5) is 11.4 Å². The molecule has 2 saturated heterocycles. The number of rotatable bonds is 5. The Hall–Kier alpha value is -1.60. The molecule has 0 bridgehead atoms. The fourth-order valence-corrected chi connectivity index (χ4v) is 5.98. The van der Waals surface area contributed by atoms with Gasteiger partial charge in [0.1, 0.15) is 0 Å². The van der Waals surface area contributed by atoms with Crippen molar-refractivity contribution in [3.63, 3.8) is 0 Å². The van der Waals surface area contributed by atoms with Gasteiger partial charge in [-0.25, -0.2) is 8.42 Å². The summed E-state index contributed by atoms with van der Waals surface area (Å²) in [6, 6.07) is 7.48. The van der Waals surface area contributed by atoms with Crippen LogP contribution in [0.25, 0.3) is 0 Å². The molecule has 0 radical (unpaired) electrons. The molecule has 1 amide bonds. The number of carbonyl (C=O) groups excluding carboxylic acids is 1. The Morgan fingerprint density at radius 2 is 1.81 bits per heavy atom. The van der Waals surface area contributed by atoms with Gasteiger partial charge in [-0.3, -0.25) is 10.1 Å². The smallest absolute Gasteiger partial charge is 0.241 e. The van der Waals surface area contributed by atoms with Crippen molar-refractivity contribution in [1.82, 2.24) is 5.32 Å². The molecule has 2 heterocycles. The van der Waals surface area contributed by atoms with Gasteiger partial charge < -0.3 is 10.2 Å². The molecule has 1 aromatic rings. The van der Waals surface area contributed by atoms with Gasteiger partial charge in [0.25, 0.3) is 0 Å². The van der Waals surface area contributed by atoms with E-state index in [0.29, 0.717) is 6.42 Å². The van der Waals surface area contributed by atoms with Crippen molar-refractivity contribution in [2.45, 2.75) is 51.1 Å². The fourth-order valence-electron chi connectivity index (χ4n) is 3.87. The standard InChI is InChI=1S/C19H29N3O3S/c1-15(21-19(2)10-13-26(24,25)14-19)18(23)20-16-6-8-17(9-7-16)22-11-4-3-5-12-22/h6-9,15,21H,3-5,10-14H2,1-2H3,(H,20,23)/t15-,19-/m0/s1. The Labute approximate surface area is 156 Å². The Morgan fingerprint density at radius 3 is 2.38 bits per heavy atom. The maximum atomic E-state index is 12.5. The van der Waals surface area contributed by atoms with Crippen LogP contribution < -0.4 is 15.5 Å². The molecule has 26 heavy (non-hydrogen) atoms. The van der Waals surface area contributed by atoms with Gasteiger partial charge in [0.05, 0.1) is 17.5 Å². The number of anilines is 2. The fraction of sp³-hybridized carbons (Fsp3) is 0.632. The van der Waals surface area contributed by atoms with Crippen molar-refractivity contribution < 1.29 is 13.2 Å². The summed E-state index contributed by atoms with van der Waals surface area (Å²) in [5.41, 5.74) is 1.42. The summed E-state index contributed by atoms with van der Waals surface area (Å²) < 4.78 is 23.4. The van der Waals surface area contributed by atoms with Gasteiger partial charge in [0, 0.05) is 30.0 Å². The average molecular weight is 380 g/mol. The quantitative estimate of drug-likeness (QED) is 0.820. The number of nitrogens with zero attached hydrogens (tertiary/aromatic N) is 1. The van der Waals surface area contributed by atoms with Crippen molar-refractivity contribution in [3.8, 4) is 0 Å². The minimum Gasteiger partial charge on any atom is -0.372 e. The number of benzene rings is 1. The van der Waals surface area contributed by atoms with E-state index in [-0.39, 0.29) is 17.4 Å². The van der Waals surface area contributed by atoms with E-state index in [1.807, 2.05) is 31.2 Å². The highest BCUT2D eigenvalue weighted by Crippen LogP contribution is 2.24. The number of hydrogen-bond donors (Lipinski definition) is 2. The highest BCUT2D eigenvalue weighted by Gasteiger charge is 2.39. The monoisotopic (exact) mass is 379 g/mol. The maximum Gasteiger partial charge on any atom is 0.241 e. The highest BCUT2D eigenvalue weighted by molar-refractivity contribution is 7.91. The molecule has 144 valence electrons. The van der Waals surface area contributed by atoms with Crippen LogP contribution >= 0.6 is 0 Å². The summed E-state index contributed by atoms with van der Waals surface area (Å²) >= 11 is 0. The lowest BCUT2D eigenvalue weighted by Crippen LogP contribution is -2.52. The third-order valence-electron chi connectivity index (χ3n) is 5.32. The van der Waals surface area contributed by atoms with E-state index in [1.165, 1.54) is 24.9 Å². The van der Waals surface area contributed by atoms with Crippen LogP contribution in [0.15, 0.2) is 24.3 Å². The summed E-state index contributed by atoms with van der Waals surface area (Å²) in [4.78, 5) is 14.8.